The van der Waals surface area contributed by atoms with E-state index >= 15 is 0 Å². The van der Waals surface area contributed by atoms with Gasteiger partial charge in [0.25, 0.3) is 0 Å². The number of benzene rings is 1. The Hall–Kier alpha value is -1.69. The largest absolute Gasteiger partial charge is 0.392 e. The number of rotatable bonds is 5. The minimum absolute atomic E-state index is 0.101. The van der Waals surface area contributed by atoms with Crippen molar-refractivity contribution in [2.75, 3.05) is 32.1 Å². The van der Waals surface area contributed by atoms with Crippen molar-refractivity contribution in [1.29, 1.82) is 0 Å². The molecule has 1 N–H and O–H groups in total. The molecule has 106 valence electrons. The van der Waals surface area contributed by atoms with Crippen molar-refractivity contribution in [3.05, 3.63) is 29.3 Å². The molecule has 0 atom stereocenters. The molecule has 0 heterocycles. The molecule has 1 aromatic rings. The van der Waals surface area contributed by atoms with Gasteiger partial charge in [0.2, 0.25) is 5.91 Å². The molecule has 1 rings (SSSR count). The predicted molar refractivity (Wildman–Crippen MR) is 68.9 cm³/mol. The van der Waals surface area contributed by atoms with Crippen LogP contribution < -0.4 is 4.90 Å². The van der Waals surface area contributed by atoms with Crippen molar-refractivity contribution < 1.29 is 18.7 Å². The molecule has 0 aliphatic rings. The lowest BCUT2D eigenvalue weighted by Gasteiger charge is -2.25. The van der Waals surface area contributed by atoms with Crippen molar-refractivity contribution >= 4 is 11.6 Å². The highest BCUT2D eigenvalue weighted by atomic mass is 19.1. The van der Waals surface area contributed by atoms with Crippen molar-refractivity contribution in [2.45, 2.75) is 13.5 Å². The van der Waals surface area contributed by atoms with Crippen molar-refractivity contribution in [2.24, 2.45) is 0 Å². The number of likely N-dealkylation sites (N-methyl/N-ethyl adjacent to an activating group) is 2. The minimum Gasteiger partial charge on any atom is -0.392 e. The average molecular weight is 272 g/mol. The van der Waals surface area contributed by atoms with Gasteiger partial charge in [-0.3, -0.25) is 4.79 Å². The van der Waals surface area contributed by atoms with Crippen LogP contribution in [0.15, 0.2) is 12.1 Å². The molecule has 0 aliphatic carbocycles. The van der Waals surface area contributed by atoms with E-state index in [0.717, 1.165) is 12.1 Å². The maximum absolute atomic E-state index is 13.9. The van der Waals surface area contributed by atoms with Gasteiger partial charge in [0.1, 0.15) is 17.3 Å². The molecule has 19 heavy (non-hydrogen) atoms. The SMILES string of the molecule is CCN(CC(=O)N(C)C)c1c(F)cc(CO)cc1F. The normalized spacial score (nSPS) is 10.4. The first-order valence-corrected chi connectivity index (χ1v) is 5.94. The van der Waals surface area contributed by atoms with Crippen LogP contribution in [0.4, 0.5) is 14.5 Å². The number of carbonyl (C=O) groups is 1. The summed E-state index contributed by atoms with van der Waals surface area (Å²) in [6, 6.07) is 2.14. The Morgan fingerprint density at radius 2 is 1.79 bits per heavy atom. The van der Waals surface area contributed by atoms with Gasteiger partial charge in [0.15, 0.2) is 0 Å². The average Bonchev–Trinajstić information content (AvgIpc) is 2.35. The third kappa shape index (κ3) is 3.64. The molecule has 0 unspecified atom stereocenters. The van der Waals surface area contributed by atoms with Gasteiger partial charge < -0.3 is 14.9 Å². The monoisotopic (exact) mass is 272 g/mol. The molecule has 0 bridgehead atoms. The van der Waals surface area contributed by atoms with E-state index in [0.29, 0.717) is 6.54 Å². The van der Waals surface area contributed by atoms with E-state index in [2.05, 4.69) is 0 Å². The van der Waals surface area contributed by atoms with E-state index in [-0.39, 0.29) is 23.7 Å². The molecule has 1 aromatic carbocycles. The smallest absolute Gasteiger partial charge is 0.241 e. The molecule has 4 nitrogen and oxygen atoms in total. The van der Waals surface area contributed by atoms with Crippen LogP contribution in [0.5, 0.6) is 0 Å². The van der Waals surface area contributed by atoms with Gasteiger partial charge in [-0.1, -0.05) is 0 Å². The molecule has 0 saturated heterocycles. The van der Waals surface area contributed by atoms with Crippen LogP contribution in [0.1, 0.15) is 12.5 Å². The summed E-state index contributed by atoms with van der Waals surface area (Å²) in [4.78, 5) is 14.3. The Labute approximate surface area is 111 Å². The number of anilines is 1. The Morgan fingerprint density at radius 3 is 2.16 bits per heavy atom. The molecule has 0 radical (unpaired) electrons. The Balaban J connectivity index is 3.08. The molecule has 1 amide bonds. The first-order valence-electron chi connectivity index (χ1n) is 5.94. The van der Waals surface area contributed by atoms with Gasteiger partial charge in [-0.05, 0) is 24.6 Å². The summed E-state index contributed by atoms with van der Waals surface area (Å²) in [6.07, 6.45) is 0. The number of hydrogen-bond acceptors (Lipinski definition) is 3. The fourth-order valence-electron chi connectivity index (χ4n) is 1.67. The third-order valence-corrected chi connectivity index (χ3v) is 2.78. The Kier molecular flexibility index (Phi) is 5.23. The van der Waals surface area contributed by atoms with Crippen molar-refractivity contribution in [3.8, 4) is 0 Å². The first-order chi connectivity index (χ1) is 8.90. The zero-order valence-corrected chi connectivity index (χ0v) is 11.3. The van der Waals surface area contributed by atoms with Gasteiger partial charge in [-0.2, -0.15) is 0 Å². The second-order valence-electron chi connectivity index (χ2n) is 4.37. The number of halogens is 2. The number of carbonyl (C=O) groups excluding carboxylic acids is 1. The third-order valence-electron chi connectivity index (χ3n) is 2.78. The number of hydrogen-bond donors (Lipinski definition) is 1. The Morgan fingerprint density at radius 1 is 1.26 bits per heavy atom. The zero-order chi connectivity index (χ0) is 14.6. The van der Waals surface area contributed by atoms with Crippen LogP contribution in [0.25, 0.3) is 0 Å². The van der Waals surface area contributed by atoms with E-state index < -0.39 is 18.2 Å². The van der Waals surface area contributed by atoms with Crippen LogP contribution in [-0.4, -0.2) is 43.1 Å². The van der Waals surface area contributed by atoms with Gasteiger partial charge >= 0.3 is 0 Å². The number of aliphatic hydroxyl groups is 1. The molecule has 0 spiro atoms. The van der Waals surface area contributed by atoms with E-state index in [1.165, 1.54) is 9.80 Å². The molecule has 0 aliphatic heterocycles. The van der Waals surface area contributed by atoms with Crippen LogP contribution in [0, 0.1) is 11.6 Å². The number of amides is 1. The van der Waals surface area contributed by atoms with E-state index in [9.17, 15) is 13.6 Å². The molecule has 0 saturated carbocycles. The zero-order valence-electron chi connectivity index (χ0n) is 11.3. The number of aliphatic hydroxyl groups excluding tert-OH is 1. The summed E-state index contributed by atoms with van der Waals surface area (Å²) in [7, 11) is 3.16. The highest BCUT2D eigenvalue weighted by molar-refractivity contribution is 5.81. The molecular formula is C13H18F2N2O2. The van der Waals surface area contributed by atoms with Gasteiger partial charge in [0, 0.05) is 20.6 Å². The van der Waals surface area contributed by atoms with Crippen LogP contribution in [-0.2, 0) is 11.4 Å². The molecule has 0 fully saturated rings. The lowest BCUT2D eigenvalue weighted by Crippen LogP contribution is -2.37. The highest BCUT2D eigenvalue weighted by Gasteiger charge is 2.19. The van der Waals surface area contributed by atoms with E-state index in [4.69, 9.17) is 5.11 Å². The Bertz CT molecular complexity index is 441. The lowest BCUT2D eigenvalue weighted by molar-refractivity contribution is -0.127. The van der Waals surface area contributed by atoms with Gasteiger partial charge in [-0.15, -0.1) is 0 Å². The summed E-state index contributed by atoms with van der Waals surface area (Å²) < 4.78 is 27.7. The van der Waals surface area contributed by atoms with E-state index in [1.807, 2.05) is 0 Å². The van der Waals surface area contributed by atoms with Crippen LogP contribution >= 0.6 is 0 Å². The summed E-state index contributed by atoms with van der Waals surface area (Å²) in [5.74, 6) is -1.80. The summed E-state index contributed by atoms with van der Waals surface area (Å²) in [5.41, 5.74) is -0.0800. The lowest BCUT2D eigenvalue weighted by atomic mass is 10.1. The van der Waals surface area contributed by atoms with E-state index in [1.54, 1.807) is 21.0 Å². The summed E-state index contributed by atoms with van der Waals surface area (Å²) >= 11 is 0. The maximum atomic E-state index is 13.9. The first kappa shape index (κ1) is 15.4. The fraction of sp³-hybridized carbons (Fsp3) is 0.462. The topological polar surface area (TPSA) is 43.8 Å². The van der Waals surface area contributed by atoms with Crippen molar-refractivity contribution in [1.82, 2.24) is 4.90 Å². The van der Waals surface area contributed by atoms with Gasteiger partial charge in [-0.25, -0.2) is 8.78 Å². The fourth-order valence-corrected chi connectivity index (χ4v) is 1.67. The van der Waals surface area contributed by atoms with Gasteiger partial charge in [0.05, 0.1) is 13.2 Å². The maximum Gasteiger partial charge on any atom is 0.241 e. The highest BCUT2D eigenvalue weighted by Crippen LogP contribution is 2.25. The summed E-state index contributed by atoms with van der Waals surface area (Å²) in [6.45, 7) is 1.47. The number of nitrogens with zero attached hydrogens (tertiary/aromatic N) is 2. The molecular weight excluding hydrogens is 254 g/mol. The quantitative estimate of drug-likeness (QED) is 0.880. The standard InChI is InChI=1S/C13H18F2N2O2/c1-4-17(7-12(19)16(2)3)13-10(14)5-9(8-18)6-11(13)15/h5-6,18H,4,7-8H2,1-3H3. The summed E-state index contributed by atoms with van der Waals surface area (Å²) in [5, 5.41) is 8.88. The van der Waals surface area contributed by atoms with Crippen LogP contribution in [0.3, 0.4) is 0 Å². The predicted octanol–water partition coefficient (Wildman–Crippen LogP) is 1.37. The van der Waals surface area contributed by atoms with Crippen molar-refractivity contribution in [3.63, 3.8) is 0 Å². The minimum atomic E-state index is -0.780. The second kappa shape index (κ2) is 6.47. The second-order valence-corrected chi connectivity index (χ2v) is 4.37. The molecule has 6 heteroatoms. The molecule has 0 aromatic heterocycles. The van der Waals surface area contributed by atoms with Crippen LogP contribution in [0.2, 0.25) is 0 Å².